The Labute approximate surface area is 99.2 Å². The lowest BCUT2D eigenvalue weighted by atomic mass is 10.2. The number of hydrogen-bond acceptors (Lipinski definition) is 4. The number of methoxy groups -OCH3 is 2. The van der Waals surface area contributed by atoms with Gasteiger partial charge in [0.05, 0.1) is 20.4 Å². The quantitative estimate of drug-likeness (QED) is 0.463. The van der Waals surface area contributed by atoms with Crippen LogP contribution in [0.2, 0.25) is 0 Å². The molecular weight excluding hydrogens is 226 g/mol. The Morgan fingerprint density at radius 1 is 1.44 bits per heavy atom. The van der Waals surface area contributed by atoms with Crippen LogP contribution in [-0.2, 0) is 0 Å². The third-order valence-corrected chi connectivity index (χ3v) is 1.91. The van der Waals surface area contributed by atoms with Gasteiger partial charge in [-0.25, -0.2) is 0 Å². The van der Waals surface area contributed by atoms with Crippen LogP contribution in [0.3, 0.4) is 0 Å². The molecule has 0 amide bonds. The van der Waals surface area contributed by atoms with Crippen LogP contribution in [0.15, 0.2) is 23.3 Å². The lowest BCUT2D eigenvalue weighted by Crippen LogP contribution is -2.24. The van der Waals surface area contributed by atoms with Gasteiger partial charge in [-0.05, 0) is 24.4 Å². The van der Waals surface area contributed by atoms with Gasteiger partial charge in [-0.2, -0.15) is 5.10 Å². The number of nitrogens with zero attached hydrogens (tertiary/aromatic N) is 1. The maximum Gasteiger partial charge on any atom is 0.184 e. The van der Waals surface area contributed by atoms with Crippen LogP contribution >= 0.6 is 12.2 Å². The van der Waals surface area contributed by atoms with Crippen molar-refractivity contribution in [3.05, 3.63) is 23.8 Å². The lowest BCUT2D eigenvalue weighted by molar-refractivity contribution is 0.394. The van der Waals surface area contributed by atoms with Crippen molar-refractivity contribution < 1.29 is 9.47 Å². The highest BCUT2D eigenvalue weighted by atomic mass is 32.1. The van der Waals surface area contributed by atoms with E-state index in [2.05, 4.69) is 22.7 Å². The van der Waals surface area contributed by atoms with Gasteiger partial charge in [-0.15, -0.1) is 0 Å². The van der Waals surface area contributed by atoms with E-state index in [4.69, 9.17) is 15.2 Å². The molecule has 0 atom stereocenters. The minimum absolute atomic E-state index is 0.115. The molecule has 1 aromatic rings. The van der Waals surface area contributed by atoms with Crippen molar-refractivity contribution in [1.29, 1.82) is 0 Å². The first-order chi connectivity index (χ1) is 7.67. The summed E-state index contributed by atoms with van der Waals surface area (Å²) in [5, 5.41) is 3.96. The van der Waals surface area contributed by atoms with Gasteiger partial charge in [0.2, 0.25) is 0 Å². The second-order valence-electron chi connectivity index (χ2n) is 2.84. The molecule has 0 aromatic heterocycles. The van der Waals surface area contributed by atoms with Crippen LogP contribution in [0.4, 0.5) is 0 Å². The summed E-state index contributed by atoms with van der Waals surface area (Å²) in [6.45, 7) is 0. The van der Waals surface area contributed by atoms with Crippen molar-refractivity contribution in [2.24, 2.45) is 10.8 Å². The molecule has 0 saturated carbocycles. The molecule has 16 heavy (non-hydrogen) atoms. The average Bonchev–Trinajstić information content (AvgIpc) is 2.29. The molecule has 0 fully saturated rings. The highest BCUT2D eigenvalue weighted by Crippen LogP contribution is 2.22. The first-order valence-electron chi connectivity index (χ1n) is 4.48. The monoisotopic (exact) mass is 239 g/mol. The van der Waals surface area contributed by atoms with Crippen molar-refractivity contribution in [3.8, 4) is 11.5 Å². The Hall–Kier alpha value is -1.82. The molecule has 0 aliphatic rings. The van der Waals surface area contributed by atoms with E-state index in [9.17, 15) is 0 Å². The van der Waals surface area contributed by atoms with Gasteiger partial charge < -0.3 is 15.2 Å². The molecule has 0 heterocycles. The fourth-order valence-electron chi connectivity index (χ4n) is 1.09. The third-order valence-electron chi connectivity index (χ3n) is 1.82. The van der Waals surface area contributed by atoms with Gasteiger partial charge >= 0.3 is 0 Å². The van der Waals surface area contributed by atoms with Crippen LogP contribution in [0.5, 0.6) is 11.5 Å². The molecule has 6 heteroatoms. The van der Waals surface area contributed by atoms with Gasteiger partial charge in [0, 0.05) is 11.6 Å². The van der Waals surface area contributed by atoms with Crippen LogP contribution in [0.25, 0.3) is 0 Å². The normalized spacial score (nSPS) is 10.1. The fraction of sp³-hybridized carbons (Fsp3) is 0.200. The van der Waals surface area contributed by atoms with Crippen LogP contribution in [0.1, 0.15) is 5.56 Å². The van der Waals surface area contributed by atoms with Crippen molar-refractivity contribution in [1.82, 2.24) is 5.43 Å². The summed E-state index contributed by atoms with van der Waals surface area (Å²) in [6, 6.07) is 5.40. The summed E-state index contributed by atoms with van der Waals surface area (Å²) >= 11 is 4.61. The lowest BCUT2D eigenvalue weighted by Gasteiger charge is -2.06. The van der Waals surface area contributed by atoms with Gasteiger partial charge in [-0.3, -0.25) is 5.43 Å². The minimum Gasteiger partial charge on any atom is -0.497 e. The molecule has 0 bridgehead atoms. The molecule has 0 aliphatic heterocycles. The van der Waals surface area contributed by atoms with E-state index >= 15 is 0 Å². The largest absolute Gasteiger partial charge is 0.497 e. The van der Waals surface area contributed by atoms with Crippen molar-refractivity contribution >= 4 is 23.5 Å². The maximum absolute atomic E-state index is 5.23. The molecular formula is C10H13N3O2S. The molecule has 1 aromatic carbocycles. The fourth-order valence-corrected chi connectivity index (χ4v) is 1.14. The van der Waals surface area contributed by atoms with Crippen molar-refractivity contribution in [2.45, 2.75) is 0 Å². The third kappa shape index (κ3) is 3.39. The van der Waals surface area contributed by atoms with Gasteiger partial charge in [-0.1, -0.05) is 0 Å². The van der Waals surface area contributed by atoms with Crippen LogP contribution < -0.4 is 20.6 Å². The minimum atomic E-state index is 0.115. The number of hydrogen-bond donors (Lipinski definition) is 2. The summed E-state index contributed by atoms with van der Waals surface area (Å²) in [7, 11) is 3.17. The zero-order valence-corrected chi connectivity index (χ0v) is 9.88. The van der Waals surface area contributed by atoms with E-state index in [1.807, 2.05) is 12.1 Å². The molecule has 0 saturated heterocycles. The highest BCUT2D eigenvalue weighted by Gasteiger charge is 2.02. The summed E-state index contributed by atoms with van der Waals surface area (Å²) in [5.41, 5.74) is 8.49. The second kappa shape index (κ2) is 5.92. The Morgan fingerprint density at radius 3 is 2.75 bits per heavy atom. The Bertz CT molecular complexity index is 407. The first kappa shape index (κ1) is 12.3. The zero-order chi connectivity index (χ0) is 12.0. The number of benzene rings is 1. The topological polar surface area (TPSA) is 68.9 Å². The molecule has 86 valence electrons. The van der Waals surface area contributed by atoms with Gasteiger partial charge in [0.1, 0.15) is 11.5 Å². The smallest absolute Gasteiger partial charge is 0.184 e. The van der Waals surface area contributed by atoms with E-state index in [0.717, 1.165) is 11.3 Å². The van der Waals surface area contributed by atoms with Crippen molar-refractivity contribution in [2.75, 3.05) is 14.2 Å². The molecule has 0 radical (unpaired) electrons. The summed E-state index contributed by atoms with van der Waals surface area (Å²) in [4.78, 5) is 0. The Morgan fingerprint density at radius 2 is 2.19 bits per heavy atom. The maximum atomic E-state index is 5.23. The molecule has 1 rings (SSSR count). The number of rotatable bonds is 4. The highest BCUT2D eigenvalue weighted by molar-refractivity contribution is 7.80. The van der Waals surface area contributed by atoms with E-state index in [1.165, 1.54) is 0 Å². The Kier molecular flexibility index (Phi) is 4.53. The summed E-state index contributed by atoms with van der Waals surface area (Å²) in [5.74, 6) is 1.38. The predicted molar refractivity (Wildman–Crippen MR) is 67.1 cm³/mol. The average molecular weight is 239 g/mol. The number of thiocarbonyl (C=S) groups is 1. The van der Waals surface area contributed by atoms with Crippen LogP contribution in [-0.4, -0.2) is 25.5 Å². The second-order valence-corrected chi connectivity index (χ2v) is 3.28. The van der Waals surface area contributed by atoms with Gasteiger partial charge in [0.25, 0.3) is 0 Å². The predicted octanol–water partition coefficient (Wildman–Crippen LogP) is 0.871. The molecule has 0 aliphatic carbocycles. The Balaban J connectivity index is 2.87. The number of ether oxygens (including phenoxy) is 2. The van der Waals surface area contributed by atoms with Crippen LogP contribution in [0, 0.1) is 0 Å². The van der Waals surface area contributed by atoms with E-state index in [0.29, 0.717) is 5.75 Å². The zero-order valence-electron chi connectivity index (χ0n) is 9.06. The van der Waals surface area contributed by atoms with E-state index in [1.54, 1.807) is 26.5 Å². The van der Waals surface area contributed by atoms with Gasteiger partial charge in [0.15, 0.2) is 5.11 Å². The molecule has 3 N–H and O–H groups in total. The molecule has 0 unspecified atom stereocenters. The summed E-state index contributed by atoms with van der Waals surface area (Å²) < 4.78 is 10.3. The number of hydrazone groups is 1. The molecule has 5 nitrogen and oxygen atoms in total. The van der Waals surface area contributed by atoms with E-state index < -0.39 is 0 Å². The molecule has 0 spiro atoms. The number of nitrogens with one attached hydrogen (secondary N) is 1. The number of nitrogens with two attached hydrogens (primary N) is 1. The van der Waals surface area contributed by atoms with Crippen molar-refractivity contribution in [3.63, 3.8) is 0 Å². The first-order valence-corrected chi connectivity index (χ1v) is 4.88. The van der Waals surface area contributed by atoms with E-state index in [-0.39, 0.29) is 5.11 Å². The standard InChI is InChI=1S/C10H13N3O2S/c1-14-8-4-3-7(9(5-8)15-2)6-12-13-10(11)16/h3-6H,1-2H3,(H3,11,13,16). The summed E-state index contributed by atoms with van der Waals surface area (Å²) in [6.07, 6.45) is 1.57. The SMILES string of the molecule is COc1ccc(C=NNC(N)=S)c(OC)c1.